The van der Waals surface area contributed by atoms with E-state index in [0.29, 0.717) is 26.3 Å². The average molecular weight is 413 g/mol. The number of rotatable bonds is 19. The zero-order valence-electron chi connectivity index (χ0n) is 16.7. The van der Waals surface area contributed by atoms with E-state index in [0.717, 1.165) is 6.08 Å². The van der Waals surface area contributed by atoms with Gasteiger partial charge in [0, 0.05) is 13.1 Å². The van der Waals surface area contributed by atoms with Crippen LogP contribution < -0.4 is 16.0 Å². The summed E-state index contributed by atoms with van der Waals surface area (Å²) in [6.45, 7) is 12.4. The van der Waals surface area contributed by atoms with Crippen molar-refractivity contribution in [2.45, 2.75) is 6.10 Å². The summed E-state index contributed by atoms with van der Waals surface area (Å²) in [7, 11) is 0. The molecule has 1 unspecified atom stereocenters. The average Bonchev–Trinajstić information content (AvgIpc) is 2.74. The molecule has 164 valence electrons. The minimum absolute atomic E-state index is 0.0662. The fourth-order valence-corrected chi connectivity index (χ4v) is 1.75. The van der Waals surface area contributed by atoms with Gasteiger partial charge in [0.05, 0.1) is 39.6 Å². The molecule has 29 heavy (non-hydrogen) atoms. The summed E-state index contributed by atoms with van der Waals surface area (Å²) in [5.74, 6) is -0.868. The van der Waals surface area contributed by atoms with E-state index in [4.69, 9.17) is 18.9 Å². The van der Waals surface area contributed by atoms with Crippen molar-refractivity contribution in [3.05, 3.63) is 38.0 Å². The van der Waals surface area contributed by atoms with Gasteiger partial charge in [0.15, 0.2) is 0 Å². The molecule has 0 aliphatic heterocycles. The lowest BCUT2D eigenvalue weighted by Gasteiger charge is -2.18. The SMILES string of the molecule is C=CC(=O)NCCOCC(COCCOCNC(=O)C=C)OCCNC(=O)C=C. The molecule has 0 fully saturated rings. The maximum Gasteiger partial charge on any atom is 0.245 e. The third-order valence-electron chi connectivity index (χ3n) is 3.18. The molecular weight excluding hydrogens is 382 g/mol. The van der Waals surface area contributed by atoms with Crippen LogP contribution >= 0.6 is 0 Å². The summed E-state index contributed by atoms with van der Waals surface area (Å²) in [6.07, 6.45) is 3.15. The van der Waals surface area contributed by atoms with Crippen molar-refractivity contribution in [2.24, 2.45) is 0 Å². The predicted molar refractivity (Wildman–Crippen MR) is 107 cm³/mol. The normalized spacial score (nSPS) is 11.2. The van der Waals surface area contributed by atoms with Crippen molar-refractivity contribution in [1.82, 2.24) is 16.0 Å². The number of carbonyl (C=O) groups is 3. The smallest absolute Gasteiger partial charge is 0.245 e. The van der Waals surface area contributed by atoms with Gasteiger partial charge in [-0.05, 0) is 18.2 Å². The van der Waals surface area contributed by atoms with Crippen LogP contribution in [0.4, 0.5) is 0 Å². The van der Waals surface area contributed by atoms with Crippen molar-refractivity contribution in [3.63, 3.8) is 0 Å². The van der Waals surface area contributed by atoms with Gasteiger partial charge in [-0.25, -0.2) is 0 Å². The number of carbonyl (C=O) groups excluding carboxylic acids is 3. The van der Waals surface area contributed by atoms with E-state index in [1.54, 1.807) is 0 Å². The van der Waals surface area contributed by atoms with Gasteiger partial charge in [0.2, 0.25) is 17.7 Å². The van der Waals surface area contributed by atoms with E-state index in [9.17, 15) is 14.4 Å². The summed E-state index contributed by atoms with van der Waals surface area (Å²) in [4.78, 5) is 33.1. The Bertz CT molecular complexity index is 526. The highest BCUT2D eigenvalue weighted by Crippen LogP contribution is 1.96. The monoisotopic (exact) mass is 413 g/mol. The molecule has 0 aliphatic rings. The van der Waals surface area contributed by atoms with Crippen LogP contribution in [0, 0.1) is 0 Å². The van der Waals surface area contributed by atoms with E-state index >= 15 is 0 Å². The Morgan fingerprint density at radius 2 is 1.17 bits per heavy atom. The predicted octanol–water partition coefficient (Wildman–Crippen LogP) is -0.714. The van der Waals surface area contributed by atoms with E-state index in [1.165, 1.54) is 12.2 Å². The molecule has 0 heterocycles. The second-order valence-electron chi connectivity index (χ2n) is 5.43. The fourth-order valence-electron chi connectivity index (χ4n) is 1.75. The van der Waals surface area contributed by atoms with Crippen LogP contribution in [0.25, 0.3) is 0 Å². The molecule has 3 amide bonds. The first kappa shape index (κ1) is 26.5. The van der Waals surface area contributed by atoms with Crippen molar-refractivity contribution in [1.29, 1.82) is 0 Å². The highest BCUT2D eigenvalue weighted by molar-refractivity contribution is 5.87. The van der Waals surface area contributed by atoms with Crippen LogP contribution in [-0.4, -0.2) is 83.3 Å². The Labute approximate surface area is 171 Å². The van der Waals surface area contributed by atoms with Gasteiger partial charge >= 0.3 is 0 Å². The summed E-state index contributed by atoms with van der Waals surface area (Å²) in [6, 6.07) is 0. The van der Waals surface area contributed by atoms with Crippen molar-refractivity contribution < 1.29 is 33.3 Å². The van der Waals surface area contributed by atoms with Crippen LogP contribution in [0.5, 0.6) is 0 Å². The lowest BCUT2D eigenvalue weighted by Crippen LogP contribution is -2.33. The van der Waals surface area contributed by atoms with Gasteiger partial charge in [0.25, 0.3) is 0 Å². The molecule has 0 bridgehead atoms. The third-order valence-corrected chi connectivity index (χ3v) is 3.18. The van der Waals surface area contributed by atoms with Crippen molar-refractivity contribution in [3.8, 4) is 0 Å². The van der Waals surface area contributed by atoms with Gasteiger partial charge in [-0.1, -0.05) is 19.7 Å². The maximum atomic E-state index is 11.1. The first-order valence-corrected chi connectivity index (χ1v) is 9.09. The zero-order valence-corrected chi connectivity index (χ0v) is 16.7. The Balaban J connectivity index is 4.03. The van der Waals surface area contributed by atoms with Gasteiger partial charge in [-0.2, -0.15) is 0 Å². The molecule has 0 aromatic carbocycles. The minimum Gasteiger partial charge on any atom is -0.377 e. The van der Waals surface area contributed by atoms with E-state index < -0.39 is 0 Å². The Morgan fingerprint density at radius 1 is 0.690 bits per heavy atom. The van der Waals surface area contributed by atoms with Crippen LogP contribution in [0.1, 0.15) is 0 Å². The second-order valence-corrected chi connectivity index (χ2v) is 5.43. The zero-order chi connectivity index (χ0) is 21.7. The van der Waals surface area contributed by atoms with Gasteiger partial charge < -0.3 is 34.9 Å². The van der Waals surface area contributed by atoms with Gasteiger partial charge in [-0.15, -0.1) is 0 Å². The third kappa shape index (κ3) is 17.3. The lowest BCUT2D eigenvalue weighted by atomic mass is 10.4. The molecule has 0 saturated heterocycles. The first-order chi connectivity index (χ1) is 14.0. The molecule has 10 nitrogen and oxygen atoms in total. The molecule has 0 spiro atoms. The van der Waals surface area contributed by atoms with Crippen LogP contribution in [-0.2, 0) is 33.3 Å². The lowest BCUT2D eigenvalue weighted by molar-refractivity contribution is -0.119. The van der Waals surface area contributed by atoms with Crippen LogP contribution in [0.3, 0.4) is 0 Å². The molecule has 0 aromatic rings. The van der Waals surface area contributed by atoms with Crippen LogP contribution in [0.15, 0.2) is 38.0 Å². The molecule has 0 aliphatic carbocycles. The highest BCUT2D eigenvalue weighted by atomic mass is 16.6. The largest absolute Gasteiger partial charge is 0.377 e. The number of hydrogen-bond acceptors (Lipinski definition) is 7. The van der Waals surface area contributed by atoms with E-state index in [-0.39, 0.29) is 57.0 Å². The molecule has 10 heteroatoms. The minimum atomic E-state index is -0.369. The molecule has 0 saturated carbocycles. The number of ether oxygens (including phenoxy) is 4. The summed E-state index contributed by atoms with van der Waals surface area (Å²) < 4.78 is 21.8. The second kappa shape index (κ2) is 18.8. The van der Waals surface area contributed by atoms with Crippen molar-refractivity contribution >= 4 is 17.7 Å². The molecular formula is C19H31N3O7. The Hall–Kier alpha value is -2.53. The Kier molecular flexibility index (Phi) is 17.2. The molecule has 0 rings (SSSR count). The van der Waals surface area contributed by atoms with Gasteiger partial charge in [-0.3, -0.25) is 14.4 Å². The first-order valence-electron chi connectivity index (χ1n) is 9.09. The number of amides is 3. The maximum absolute atomic E-state index is 11.1. The summed E-state index contributed by atoms with van der Waals surface area (Å²) in [5.41, 5.74) is 0. The molecule has 0 aromatic heterocycles. The van der Waals surface area contributed by atoms with E-state index in [2.05, 4.69) is 35.7 Å². The van der Waals surface area contributed by atoms with Crippen LogP contribution in [0.2, 0.25) is 0 Å². The highest BCUT2D eigenvalue weighted by Gasteiger charge is 2.10. The molecule has 3 N–H and O–H groups in total. The Morgan fingerprint density at radius 3 is 1.76 bits per heavy atom. The number of hydrogen-bond donors (Lipinski definition) is 3. The topological polar surface area (TPSA) is 124 Å². The summed E-state index contributed by atoms with van der Waals surface area (Å²) >= 11 is 0. The quantitative estimate of drug-likeness (QED) is 0.145. The standard InChI is InChI=1S/C19H31N3O7/c1-4-17(23)20-7-9-26-13-16(29-10-8-21-18(24)5-2)14-27-11-12-28-15-22-19(25)6-3/h4-6,16H,1-3,7-15H2,(H,20,23)(H,21,24)(H,22,25). The van der Waals surface area contributed by atoms with E-state index in [1.807, 2.05) is 0 Å². The number of nitrogens with one attached hydrogen (secondary N) is 3. The fraction of sp³-hybridized carbons (Fsp3) is 0.526. The van der Waals surface area contributed by atoms with Crippen molar-refractivity contribution in [2.75, 3.05) is 59.5 Å². The van der Waals surface area contributed by atoms with Gasteiger partial charge in [0.1, 0.15) is 12.8 Å². The molecule has 1 atom stereocenters. The summed E-state index contributed by atoms with van der Waals surface area (Å²) in [5, 5.41) is 7.68. The molecule has 0 radical (unpaired) electrons.